The Bertz CT molecular complexity index is 1070. The highest BCUT2D eigenvalue weighted by Crippen LogP contribution is 2.18. The summed E-state index contributed by atoms with van der Waals surface area (Å²) < 4.78 is 3.51. The molecule has 0 aliphatic rings. The zero-order valence-electron chi connectivity index (χ0n) is 14.8. The summed E-state index contributed by atoms with van der Waals surface area (Å²) in [5.41, 5.74) is 4.28. The van der Waals surface area contributed by atoms with Gasteiger partial charge in [0.2, 0.25) is 0 Å². The van der Waals surface area contributed by atoms with E-state index in [0.717, 1.165) is 22.5 Å². The Morgan fingerprint density at radius 3 is 2.78 bits per heavy atom. The van der Waals surface area contributed by atoms with Gasteiger partial charge in [-0.15, -0.1) is 0 Å². The smallest absolute Gasteiger partial charge is 0.251 e. The summed E-state index contributed by atoms with van der Waals surface area (Å²) in [6, 6.07) is 13.1. The minimum atomic E-state index is -0.144. The first kappa shape index (κ1) is 16.7. The summed E-state index contributed by atoms with van der Waals surface area (Å²) in [6.45, 7) is 0.392. The number of rotatable bonds is 5. The molecule has 0 atom stereocenters. The van der Waals surface area contributed by atoms with Crippen molar-refractivity contribution >= 4 is 5.91 Å². The van der Waals surface area contributed by atoms with Crippen molar-refractivity contribution in [1.82, 2.24) is 29.9 Å². The molecule has 0 bridgehead atoms. The first-order valence-electron chi connectivity index (χ1n) is 8.51. The van der Waals surface area contributed by atoms with Crippen molar-refractivity contribution in [1.29, 1.82) is 0 Å². The number of nitrogens with one attached hydrogen (secondary N) is 1. The van der Waals surface area contributed by atoms with Crippen LogP contribution in [0, 0.1) is 0 Å². The van der Waals surface area contributed by atoms with Gasteiger partial charge < -0.3 is 5.32 Å². The fourth-order valence-electron chi connectivity index (χ4n) is 2.88. The van der Waals surface area contributed by atoms with Crippen molar-refractivity contribution in [3.63, 3.8) is 0 Å². The Hall–Kier alpha value is -3.74. The second kappa shape index (κ2) is 7.25. The van der Waals surface area contributed by atoms with Crippen LogP contribution in [0.5, 0.6) is 0 Å². The maximum atomic E-state index is 12.5. The molecule has 7 nitrogen and oxygen atoms in total. The van der Waals surface area contributed by atoms with Crippen LogP contribution in [0.3, 0.4) is 0 Å². The van der Waals surface area contributed by atoms with Crippen molar-refractivity contribution in [2.24, 2.45) is 7.05 Å². The van der Waals surface area contributed by atoms with Crippen LogP contribution in [0.25, 0.3) is 16.9 Å². The molecule has 1 amide bonds. The molecule has 0 fully saturated rings. The number of hydrogen-bond acceptors (Lipinski definition) is 4. The number of amides is 1. The molecule has 4 aromatic rings. The quantitative estimate of drug-likeness (QED) is 0.595. The summed E-state index contributed by atoms with van der Waals surface area (Å²) in [4.78, 5) is 16.8. The number of aryl methyl sites for hydroxylation is 1. The van der Waals surface area contributed by atoms with E-state index in [1.165, 1.54) is 0 Å². The van der Waals surface area contributed by atoms with Gasteiger partial charge in [0.1, 0.15) is 0 Å². The van der Waals surface area contributed by atoms with Crippen LogP contribution < -0.4 is 5.32 Å². The third-order valence-corrected chi connectivity index (χ3v) is 4.24. The standard InChI is InChI=1S/C20H18N6O/c1-25-19(6-8-23-25)17-10-15(12-21-14-17)13-22-20(27)16-4-2-5-18(11-16)26-9-3-7-24-26/h2-12,14H,13H2,1H3,(H,22,27). The molecule has 4 rings (SSSR count). The summed E-state index contributed by atoms with van der Waals surface area (Å²) in [5, 5.41) is 11.3. The molecule has 134 valence electrons. The third kappa shape index (κ3) is 3.62. The topological polar surface area (TPSA) is 77.6 Å². The molecule has 0 unspecified atom stereocenters. The van der Waals surface area contributed by atoms with E-state index in [4.69, 9.17) is 0 Å². The molecule has 0 aliphatic carbocycles. The number of nitrogens with zero attached hydrogens (tertiary/aromatic N) is 5. The molecule has 3 aromatic heterocycles. The van der Waals surface area contributed by atoms with Crippen LogP contribution in [0.15, 0.2) is 73.4 Å². The Balaban J connectivity index is 1.47. The molecule has 0 spiro atoms. The Morgan fingerprint density at radius 1 is 1.07 bits per heavy atom. The second-order valence-electron chi connectivity index (χ2n) is 6.11. The lowest BCUT2D eigenvalue weighted by molar-refractivity contribution is 0.0951. The number of pyridine rings is 1. The first-order chi connectivity index (χ1) is 13.2. The normalized spacial score (nSPS) is 10.7. The van der Waals surface area contributed by atoms with Gasteiger partial charge in [0.25, 0.3) is 5.91 Å². The van der Waals surface area contributed by atoms with Crippen LogP contribution >= 0.6 is 0 Å². The summed E-state index contributed by atoms with van der Waals surface area (Å²) >= 11 is 0. The van der Waals surface area contributed by atoms with Crippen molar-refractivity contribution in [2.45, 2.75) is 6.54 Å². The van der Waals surface area contributed by atoms with Crippen molar-refractivity contribution < 1.29 is 4.79 Å². The Morgan fingerprint density at radius 2 is 2.00 bits per heavy atom. The van der Waals surface area contributed by atoms with Gasteiger partial charge in [-0.25, -0.2) is 4.68 Å². The van der Waals surface area contributed by atoms with E-state index >= 15 is 0 Å². The molecule has 3 heterocycles. The fraction of sp³-hybridized carbons (Fsp3) is 0.100. The average molecular weight is 358 g/mol. The SMILES string of the molecule is Cn1nccc1-c1cncc(CNC(=O)c2cccc(-n3cccn3)c2)c1. The van der Waals surface area contributed by atoms with E-state index < -0.39 is 0 Å². The molecule has 0 saturated carbocycles. The number of carbonyl (C=O) groups is 1. The molecule has 0 aliphatic heterocycles. The Labute approximate surface area is 156 Å². The van der Waals surface area contributed by atoms with E-state index in [2.05, 4.69) is 20.5 Å². The molecule has 27 heavy (non-hydrogen) atoms. The predicted octanol–water partition coefficient (Wildman–Crippen LogP) is 2.60. The van der Waals surface area contributed by atoms with Gasteiger partial charge in [-0.2, -0.15) is 10.2 Å². The highest BCUT2D eigenvalue weighted by molar-refractivity contribution is 5.94. The Kier molecular flexibility index (Phi) is 4.49. The van der Waals surface area contributed by atoms with Crippen molar-refractivity contribution in [3.05, 3.63) is 84.6 Å². The van der Waals surface area contributed by atoms with Gasteiger partial charge >= 0.3 is 0 Å². The lowest BCUT2D eigenvalue weighted by atomic mass is 10.1. The fourth-order valence-corrected chi connectivity index (χ4v) is 2.88. The number of carbonyl (C=O) groups excluding carboxylic acids is 1. The average Bonchev–Trinajstić information content (AvgIpc) is 3.38. The molecule has 1 N–H and O–H groups in total. The summed E-state index contributed by atoms with van der Waals surface area (Å²) in [6.07, 6.45) is 8.83. The van der Waals surface area contributed by atoms with Gasteiger partial charge in [0.05, 0.1) is 11.4 Å². The molecule has 0 radical (unpaired) electrons. The molecule has 0 saturated heterocycles. The second-order valence-corrected chi connectivity index (χ2v) is 6.11. The lowest BCUT2D eigenvalue weighted by Gasteiger charge is -2.08. The zero-order valence-corrected chi connectivity index (χ0v) is 14.8. The van der Waals surface area contributed by atoms with Crippen LogP contribution in [-0.4, -0.2) is 30.5 Å². The van der Waals surface area contributed by atoms with Gasteiger partial charge in [-0.05, 0) is 42.0 Å². The number of benzene rings is 1. The van der Waals surface area contributed by atoms with E-state index in [9.17, 15) is 4.79 Å². The van der Waals surface area contributed by atoms with Crippen LogP contribution in [0.2, 0.25) is 0 Å². The number of aromatic nitrogens is 5. The van der Waals surface area contributed by atoms with E-state index in [1.54, 1.807) is 40.2 Å². The predicted molar refractivity (Wildman–Crippen MR) is 101 cm³/mol. The molecular formula is C20H18N6O. The molecule has 1 aromatic carbocycles. The minimum absolute atomic E-state index is 0.144. The van der Waals surface area contributed by atoms with E-state index in [0.29, 0.717) is 12.1 Å². The molecule has 7 heteroatoms. The summed E-state index contributed by atoms with van der Waals surface area (Å²) in [5.74, 6) is -0.144. The monoisotopic (exact) mass is 358 g/mol. The highest BCUT2D eigenvalue weighted by atomic mass is 16.1. The lowest BCUT2D eigenvalue weighted by Crippen LogP contribution is -2.23. The zero-order chi connectivity index (χ0) is 18.6. The van der Waals surface area contributed by atoms with Gasteiger partial charge in [0.15, 0.2) is 0 Å². The number of hydrogen-bond donors (Lipinski definition) is 1. The molecular weight excluding hydrogens is 340 g/mol. The van der Waals surface area contributed by atoms with E-state index in [1.807, 2.05) is 49.6 Å². The van der Waals surface area contributed by atoms with Crippen molar-refractivity contribution in [3.8, 4) is 16.9 Å². The van der Waals surface area contributed by atoms with Crippen LogP contribution in [-0.2, 0) is 13.6 Å². The van der Waals surface area contributed by atoms with Crippen LogP contribution in [0.4, 0.5) is 0 Å². The summed E-state index contributed by atoms with van der Waals surface area (Å²) in [7, 11) is 1.89. The highest BCUT2D eigenvalue weighted by Gasteiger charge is 2.09. The van der Waals surface area contributed by atoms with Crippen molar-refractivity contribution in [2.75, 3.05) is 0 Å². The van der Waals surface area contributed by atoms with Gasteiger partial charge in [-0.3, -0.25) is 14.5 Å². The first-order valence-corrected chi connectivity index (χ1v) is 8.51. The third-order valence-electron chi connectivity index (χ3n) is 4.24. The maximum Gasteiger partial charge on any atom is 0.251 e. The maximum absolute atomic E-state index is 12.5. The van der Waals surface area contributed by atoms with Crippen LogP contribution in [0.1, 0.15) is 15.9 Å². The van der Waals surface area contributed by atoms with Gasteiger partial charge in [0, 0.05) is 55.7 Å². The van der Waals surface area contributed by atoms with Gasteiger partial charge in [-0.1, -0.05) is 6.07 Å². The minimum Gasteiger partial charge on any atom is -0.348 e. The largest absolute Gasteiger partial charge is 0.348 e. The van der Waals surface area contributed by atoms with E-state index in [-0.39, 0.29) is 5.91 Å².